The van der Waals surface area contributed by atoms with E-state index < -0.39 is 0 Å². The molecular formula is C16H18N6OS. The summed E-state index contributed by atoms with van der Waals surface area (Å²) < 4.78 is 5.32. The molecule has 0 bridgehead atoms. The minimum absolute atomic E-state index is 0.477. The van der Waals surface area contributed by atoms with E-state index in [9.17, 15) is 0 Å². The van der Waals surface area contributed by atoms with Gasteiger partial charge in [-0.3, -0.25) is 0 Å². The van der Waals surface area contributed by atoms with Crippen LogP contribution in [-0.4, -0.2) is 33.2 Å². The summed E-state index contributed by atoms with van der Waals surface area (Å²) in [4.78, 5) is 14.6. The normalized spacial score (nSPS) is 14.2. The fourth-order valence-electron chi connectivity index (χ4n) is 2.80. The van der Waals surface area contributed by atoms with Gasteiger partial charge >= 0.3 is 0 Å². The van der Waals surface area contributed by atoms with E-state index in [1.807, 2.05) is 24.4 Å². The first-order chi connectivity index (χ1) is 11.8. The van der Waals surface area contributed by atoms with Gasteiger partial charge in [-0.25, -0.2) is 9.97 Å². The first kappa shape index (κ1) is 15.2. The van der Waals surface area contributed by atoms with Crippen molar-refractivity contribution in [2.45, 2.75) is 26.3 Å². The van der Waals surface area contributed by atoms with Crippen molar-refractivity contribution in [1.82, 2.24) is 25.4 Å². The Labute approximate surface area is 143 Å². The largest absolute Gasteiger partial charge is 0.362 e. The number of aryl methyl sites for hydroxylation is 1. The van der Waals surface area contributed by atoms with E-state index in [4.69, 9.17) is 4.52 Å². The molecule has 4 rings (SSSR count). The molecule has 7 nitrogen and oxygen atoms in total. The standard InChI is InChI=1S/C16H18N6OS/c1-10-19-12-5-7-17-6-4-11(12)15(20-10)18-9-14-21-16(23-22-14)13-3-2-8-24-13/h2-3,8,17H,4-7,9H2,1H3,(H,18,19,20). The van der Waals surface area contributed by atoms with Crippen LogP contribution in [0.2, 0.25) is 0 Å². The number of aromatic nitrogens is 4. The van der Waals surface area contributed by atoms with Gasteiger partial charge in [0, 0.05) is 18.5 Å². The zero-order valence-corrected chi connectivity index (χ0v) is 14.2. The van der Waals surface area contributed by atoms with Crippen LogP contribution < -0.4 is 10.6 Å². The average Bonchev–Trinajstić information content (AvgIpc) is 3.20. The Hall–Kier alpha value is -2.32. The van der Waals surface area contributed by atoms with Crippen LogP contribution in [-0.2, 0) is 19.4 Å². The van der Waals surface area contributed by atoms with Gasteiger partial charge < -0.3 is 15.2 Å². The molecular weight excluding hydrogens is 324 g/mol. The van der Waals surface area contributed by atoms with Crippen molar-refractivity contribution in [3.63, 3.8) is 0 Å². The number of rotatable bonds is 4. The van der Waals surface area contributed by atoms with Gasteiger partial charge in [0.05, 0.1) is 17.1 Å². The monoisotopic (exact) mass is 342 g/mol. The molecule has 0 saturated carbocycles. The number of hydrogen-bond acceptors (Lipinski definition) is 8. The maximum absolute atomic E-state index is 5.32. The van der Waals surface area contributed by atoms with Crippen LogP contribution in [0.3, 0.4) is 0 Å². The lowest BCUT2D eigenvalue weighted by atomic mass is 10.1. The van der Waals surface area contributed by atoms with E-state index in [-0.39, 0.29) is 0 Å². The third kappa shape index (κ3) is 3.15. The van der Waals surface area contributed by atoms with E-state index in [0.717, 1.165) is 48.1 Å². The average molecular weight is 342 g/mol. The highest BCUT2D eigenvalue weighted by Crippen LogP contribution is 2.23. The second kappa shape index (κ2) is 6.66. The summed E-state index contributed by atoms with van der Waals surface area (Å²) in [6, 6.07) is 3.94. The third-order valence-electron chi connectivity index (χ3n) is 3.91. The van der Waals surface area contributed by atoms with Crippen molar-refractivity contribution in [2.75, 3.05) is 18.4 Å². The third-order valence-corrected chi connectivity index (χ3v) is 4.77. The Morgan fingerprint density at radius 1 is 1.25 bits per heavy atom. The fourth-order valence-corrected chi connectivity index (χ4v) is 3.45. The summed E-state index contributed by atoms with van der Waals surface area (Å²) in [7, 11) is 0. The summed E-state index contributed by atoms with van der Waals surface area (Å²) in [5.41, 5.74) is 2.31. The highest BCUT2D eigenvalue weighted by molar-refractivity contribution is 7.13. The molecule has 0 atom stereocenters. The van der Waals surface area contributed by atoms with E-state index in [1.165, 1.54) is 5.56 Å². The molecule has 0 unspecified atom stereocenters. The molecule has 0 spiro atoms. The molecule has 0 aromatic carbocycles. The fraction of sp³-hybridized carbons (Fsp3) is 0.375. The molecule has 8 heteroatoms. The topological polar surface area (TPSA) is 88.8 Å². The van der Waals surface area contributed by atoms with Gasteiger partial charge in [0.25, 0.3) is 5.89 Å². The van der Waals surface area contributed by atoms with Gasteiger partial charge in [-0.1, -0.05) is 11.2 Å². The van der Waals surface area contributed by atoms with Gasteiger partial charge in [-0.05, 0) is 31.3 Å². The molecule has 3 aromatic heterocycles. The second-order valence-corrected chi connectivity index (χ2v) is 6.59. The SMILES string of the molecule is Cc1nc2c(c(NCc3noc(-c4cccs4)n3)n1)CCNCC2. The zero-order valence-electron chi connectivity index (χ0n) is 13.4. The molecule has 0 aliphatic carbocycles. The summed E-state index contributed by atoms with van der Waals surface area (Å²) >= 11 is 1.58. The van der Waals surface area contributed by atoms with Crippen LogP contribution in [0.4, 0.5) is 5.82 Å². The summed E-state index contributed by atoms with van der Waals surface area (Å²) in [5.74, 6) is 2.84. The van der Waals surface area contributed by atoms with Gasteiger partial charge in [0.15, 0.2) is 5.82 Å². The lowest BCUT2D eigenvalue weighted by molar-refractivity contribution is 0.424. The lowest BCUT2D eigenvalue weighted by Gasteiger charge is -2.12. The van der Waals surface area contributed by atoms with Crippen LogP contribution in [0.1, 0.15) is 22.9 Å². The predicted molar refractivity (Wildman–Crippen MR) is 92.0 cm³/mol. The first-order valence-electron chi connectivity index (χ1n) is 7.97. The highest BCUT2D eigenvalue weighted by atomic mass is 32.1. The Morgan fingerprint density at radius 3 is 3.04 bits per heavy atom. The van der Waals surface area contributed by atoms with Crippen LogP contribution >= 0.6 is 11.3 Å². The molecule has 124 valence electrons. The molecule has 24 heavy (non-hydrogen) atoms. The lowest BCUT2D eigenvalue weighted by Crippen LogP contribution is -2.16. The molecule has 1 aliphatic heterocycles. The first-order valence-corrected chi connectivity index (χ1v) is 8.85. The molecule has 0 saturated heterocycles. The molecule has 4 heterocycles. The van der Waals surface area contributed by atoms with Crippen molar-refractivity contribution in [2.24, 2.45) is 0 Å². The Kier molecular flexibility index (Phi) is 4.22. The van der Waals surface area contributed by atoms with Crippen molar-refractivity contribution in [3.8, 4) is 10.8 Å². The number of hydrogen-bond donors (Lipinski definition) is 2. The second-order valence-electron chi connectivity index (χ2n) is 5.64. The molecule has 0 amide bonds. The number of nitrogens with one attached hydrogen (secondary N) is 2. The minimum Gasteiger partial charge on any atom is -0.362 e. The Bertz CT molecular complexity index is 829. The quantitative estimate of drug-likeness (QED) is 0.751. The van der Waals surface area contributed by atoms with Crippen LogP contribution in [0, 0.1) is 6.92 Å². The van der Waals surface area contributed by atoms with Crippen molar-refractivity contribution in [1.29, 1.82) is 0 Å². The molecule has 2 N–H and O–H groups in total. The molecule has 1 aliphatic rings. The number of anilines is 1. The summed E-state index contributed by atoms with van der Waals surface area (Å²) in [5, 5.41) is 12.8. The van der Waals surface area contributed by atoms with Crippen LogP contribution in [0.15, 0.2) is 22.0 Å². The number of thiophene rings is 1. The minimum atomic E-state index is 0.477. The maximum atomic E-state index is 5.32. The zero-order chi connectivity index (χ0) is 16.4. The molecule has 3 aromatic rings. The van der Waals surface area contributed by atoms with Crippen LogP contribution in [0.25, 0.3) is 10.8 Å². The van der Waals surface area contributed by atoms with E-state index in [1.54, 1.807) is 11.3 Å². The Morgan fingerprint density at radius 2 is 2.17 bits per heavy atom. The molecule has 0 fully saturated rings. The van der Waals surface area contributed by atoms with Gasteiger partial charge in [-0.15, -0.1) is 11.3 Å². The molecule has 0 radical (unpaired) electrons. The number of nitrogens with zero attached hydrogens (tertiary/aromatic N) is 4. The van der Waals surface area contributed by atoms with Crippen molar-refractivity contribution < 1.29 is 4.52 Å². The highest BCUT2D eigenvalue weighted by Gasteiger charge is 2.16. The number of fused-ring (bicyclic) bond motifs is 1. The van der Waals surface area contributed by atoms with Crippen molar-refractivity contribution >= 4 is 17.2 Å². The smallest absolute Gasteiger partial charge is 0.268 e. The van der Waals surface area contributed by atoms with Crippen LogP contribution in [0.5, 0.6) is 0 Å². The summed E-state index contributed by atoms with van der Waals surface area (Å²) in [6.07, 6.45) is 1.85. The van der Waals surface area contributed by atoms with Gasteiger partial charge in [-0.2, -0.15) is 4.98 Å². The predicted octanol–water partition coefficient (Wildman–Crippen LogP) is 2.20. The van der Waals surface area contributed by atoms with Crippen molar-refractivity contribution in [3.05, 3.63) is 40.4 Å². The summed E-state index contributed by atoms with van der Waals surface area (Å²) in [6.45, 7) is 4.30. The van der Waals surface area contributed by atoms with E-state index in [2.05, 4.69) is 30.7 Å². The van der Waals surface area contributed by atoms with Gasteiger partial charge in [0.2, 0.25) is 0 Å². The van der Waals surface area contributed by atoms with E-state index >= 15 is 0 Å². The van der Waals surface area contributed by atoms with E-state index in [0.29, 0.717) is 18.3 Å². The van der Waals surface area contributed by atoms with Gasteiger partial charge in [0.1, 0.15) is 11.6 Å². The Balaban J connectivity index is 1.53. The maximum Gasteiger partial charge on any atom is 0.268 e.